The van der Waals surface area contributed by atoms with Gasteiger partial charge >= 0.3 is 29.9 Å². The number of benzene rings is 13. The minimum atomic E-state index is -0.165. The first kappa shape index (κ1) is 69.0. The fourth-order valence-corrected chi connectivity index (χ4v) is 18.7. The van der Waals surface area contributed by atoms with Gasteiger partial charge < -0.3 is 38.6 Å². The zero-order chi connectivity index (χ0) is 69.7. The van der Waals surface area contributed by atoms with Crippen molar-refractivity contribution < 1.29 is 36.8 Å². The third kappa shape index (κ3) is 11.4. The van der Waals surface area contributed by atoms with Crippen LogP contribution >= 0.6 is 47.4 Å². The number of unbranched alkanes of at least 4 members (excludes halogenated alkanes) is 1. The summed E-state index contributed by atoms with van der Waals surface area (Å²) in [5, 5.41) is 11.0. The Morgan fingerprint density at radius 1 is 0.349 bits per heavy atom. The molecule has 2 atom stereocenters. The number of rotatable bonds is 6. The van der Waals surface area contributed by atoms with Crippen LogP contribution in [-0.4, -0.2) is 44.2 Å². The quantitative estimate of drug-likeness (QED) is 0.123. The molecule has 106 heavy (non-hydrogen) atoms. The normalized spacial score (nSPS) is 14.0. The molecule has 13 aromatic carbocycles. The van der Waals surface area contributed by atoms with Gasteiger partial charge in [-0.2, -0.15) is 6.42 Å². The molecule has 19 aromatic rings. The van der Waals surface area contributed by atoms with E-state index in [9.17, 15) is 0 Å². The number of furan rings is 3. The Labute approximate surface area is 653 Å². The molecular weight excluding hydrogens is 1490 g/mol. The van der Waals surface area contributed by atoms with E-state index in [0.717, 1.165) is 83.4 Å². The molecule has 0 saturated carbocycles. The Balaban J connectivity index is 0.000000140. The van der Waals surface area contributed by atoms with Gasteiger partial charge in [-0.25, -0.2) is 0 Å². The number of hydrogen-bond acceptors (Lipinski definition) is 4. The summed E-state index contributed by atoms with van der Waals surface area (Å²) in [4.78, 5) is 0. The van der Waals surface area contributed by atoms with E-state index < -0.39 is 0 Å². The topological polar surface area (TPSA) is 63.4 Å². The fraction of sp³-hybridized carbons (Fsp3) is 0.0659. The molecule has 504 valence electrons. The monoisotopic (exact) mass is 1550 g/mol. The van der Waals surface area contributed by atoms with Gasteiger partial charge in [-0.1, -0.05) is 254 Å². The van der Waals surface area contributed by atoms with Gasteiger partial charge in [0.05, 0.1) is 56.1 Å². The molecule has 0 amide bonds. The molecule has 3 aliphatic rings. The Morgan fingerprint density at radius 3 is 1.00 bits per heavy atom. The largest absolute Gasteiger partial charge is 1.00 e. The molecule has 0 fully saturated rings. The number of aromatic nitrogens is 3. The van der Waals surface area contributed by atoms with Crippen LogP contribution in [0.3, 0.4) is 0 Å². The smallest absolute Gasteiger partial charge is 0.497 e. The van der Waals surface area contributed by atoms with Crippen LogP contribution in [0.1, 0.15) is 38.6 Å². The summed E-state index contributed by atoms with van der Waals surface area (Å²) in [7, 11) is 0. The first-order chi connectivity index (χ1) is 51.3. The number of para-hydroxylation sites is 10. The Hall–Kier alpha value is -10.0. The average molecular weight is 1560 g/mol. The van der Waals surface area contributed by atoms with Crippen LogP contribution in [0.2, 0.25) is 0 Å². The van der Waals surface area contributed by atoms with E-state index in [-0.39, 0.29) is 62.6 Å². The summed E-state index contributed by atoms with van der Waals surface area (Å²) in [6.45, 7) is 5.39. The molecule has 15 heteroatoms. The van der Waals surface area contributed by atoms with Crippen molar-refractivity contribution in [3.05, 3.63) is 332 Å². The Bertz CT molecular complexity index is 6100. The van der Waals surface area contributed by atoms with Crippen molar-refractivity contribution in [2.45, 2.75) is 39.0 Å². The van der Waals surface area contributed by atoms with Crippen molar-refractivity contribution in [3.63, 3.8) is 0 Å². The van der Waals surface area contributed by atoms with Gasteiger partial charge in [-0.3, -0.25) is 0 Å². The van der Waals surface area contributed by atoms with E-state index in [1.165, 1.54) is 105 Å². The van der Waals surface area contributed by atoms with E-state index in [2.05, 4.69) is 366 Å². The Kier molecular flexibility index (Phi) is 18.7. The van der Waals surface area contributed by atoms with E-state index >= 15 is 0 Å². The summed E-state index contributed by atoms with van der Waals surface area (Å²) in [5.74, 6) is 1.24. The molecule has 2 unspecified atom stereocenters. The summed E-state index contributed by atoms with van der Waals surface area (Å²) in [6.07, 6.45) is 2.28. The van der Waals surface area contributed by atoms with Gasteiger partial charge in [0.15, 0.2) is 0 Å². The molecular formula is C91H67B4Br3LiN3O4. The van der Waals surface area contributed by atoms with E-state index in [1.54, 1.807) is 0 Å². The third-order valence-corrected chi connectivity index (χ3v) is 23.8. The van der Waals surface area contributed by atoms with Crippen molar-refractivity contribution in [1.82, 2.24) is 13.7 Å². The summed E-state index contributed by atoms with van der Waals surface area (Å²) in [5.41, 5.74) is 23.8. The Morgan fingerprint density at radius 2 is 0.642 bits per heavy atom. The predicted molar refractivity (Wildman–Crippen MR) is 457 cm³/mol. The van der Waals surface area contributed by atoms with Crippen molar-refractivity contribution in [2.24, 2.45) is 0 Å². The zero-order valence-electron chi connectivity index (χ0n) is 57.7. The van der Waals surface area contributed by atoms with Gasteiger partial charge in [0.25, 0.3) is 13.4 Å². The minimum absolute atomic E-state index is 0. The standard InChI is InChI=1S/C52H32B2N2O2.C18H12BrN.C16H10B2Br2O2.C4H9.CH4.Li/c1-7-19-43-37(13-1)38-14-2-8-20-44(38)55(43)35-29-25-33(26-30-35)53-49-41-17-5-11-23-47(41)58-52(49)54(50-42-18-6-12-24-48(42)57-51(50)53)34-27-31-36(32-28-34)56-45-21-9-3-15-39(45)40-16-4-10-22-46(40)56;19-13-9-11-14(12-10-13)20-17-7-3-1-5-15(17)16-6-2-4-8-18(16)20;19-17-13-9-5-1-3-7-11(9)21-15(13)18(20)14-10-6-2-4-8-12(10)22-16(14)17;1-3-4-2;;/h1-32H;1-12H;1-8,13,15H;1,3-4H2,2H3;1H4;/q;;;-1;;+1. The number of ether oxygens (including phenoxy) is 1. The molecule has 0 radical (unpaired) electrons. The fourth-order valence-electron chi connectivity index (χ4n) is 16.6. The van der Waals surface area contributed by atoms with Gasteiger partial charge in [-0.05, 0) is 131 Å². The van der Waals surface area contributed by atoms with Crippen molar-refractivity contribution >= 4 is 215 Å². The second-order valence-electron chi connectivity index (χ2n) is 27.1. The van der Waals surface area contributed by atoms with Crippen LogP contribution in [-0.2, 0) is 0 Å². The first-order valence-electron chi connectivity index (χ1n) is 35.6. The maximum Gasteiger partial charge on any atom is 1.00 e. The second-order valence-corrected chi connectivity index (χ2v) is 30.0. The second kappa shape index (κ2) is 28.7. The van der Waals surface area contributed by atoms with Gasteiger partial charge in [0.1, 0.15) is 22.5 Å². The van der Waals surface area contributed by atoms with Crippen LogP contribution in [0.25, 0.3) is 115 Å². The molecule has 3 aliphatic heterocycles. The average Bonchev–Trinajstić information content (AvgIpc) is 1.52. The maximum atomic E-state index is 7.03. The molecule has 0 spiro atoms. The SMILES string of the molecule is BrB1c2c(oc3ccccc23)B(Br)C2c3ccccc3OC12.Brc1ccc(-n2c3ccccc3c3ccccc32)cc1.C.[CH2-]CCC.[Li+].c1ccc2c3c(oc2c1)B(c1ccc(-n2c4ccccc4c4ccccc42)cc1)c1c(oc2ccccc12)B3c1ccc(-n2c3ccccc3c3ccccc32)cc1. The molecule has 9 heterocycles. The minimum Gasteiger partial charge on any atom is -0.497 e. The molecule has 7 nitrogen and oxygen atoms in total. The number of nitrogens with zero attached hydrogens (tertiary/aromatic N) is 3. The van der Waals surface area contributed by atoms with Crippen molar-refractivity contribution in [2.75, 3.05) is 0 Å². The molecule has 22 rings (SSSR count). The van der Waals surface area contributed by atoms with Crippen molar-refractivity contribution in [1.29, 1.82) is 0 Å². The summed E-state index contributed by atoms with van der Waals surface area (Å²) >= 11 is 11.2. The van der Waals surface area contributed by atoms with E-state index in [4.69, 9.17) is 18.0 Å². The van der Waals surface area contributed by atoms with Gasteiger partial charge in [-0.15, -0.1) is 31.5 Å². The molecule has 0 bridgehead atoms. The van der Waals surface area contributed by atoms with E-state index in [1.807, 2.05) is 24.3 Å². The summed E-state index contributed by atoms with van der Waals surface area (Å²) < 4.78 is 34.6. The van der Waals surface area contributed by atoms with E-state index in [0.29, 0.717) is 0 Å². The molecule has 0 aliphatic carbocycles. The first-order valence-corrected chi connectivity index (χ1v) is 38.2. The number of hydrogen-bond donors (Lipinski definition) is 0. The van der Waals surface area contributed by atoms with Crippen LogP contribution in [0.4, 0.5) is 0 Å². The summed E-state index contributed by atoms with van der Waals surface area (Å²) in [6, 6.07) is 112. The van der Waals surface area contributed by atoms with Crippen LogP contribution in [0.5, 0.6) is 5.75 Å². The molecule has 6 aromatic heterocycles. The van der Waals surface area contributed by atoms with Crippen LogP contribution < -0.4 is 67.9 Å². The molecule has 0 N–H and O–H groups in total. The van der Waals surface area contributed by atoms with Crippen LogP contribution in [0.15, 0.2) is 333 Å². The van der Waals surface area contributed by atoms with Gasteiger partial charge in [0.2, 0.25) is 0 Å². The number of halogens is 3. The van der Waals surface area contributed by atoms with Crippen molar-refractivity contribution in [3.8, 4) is 22.8 Å². The predicted octanol–water partition coefficient (Wildman–Crippen LogP) is 16.8. The zero-order valence-corrected chi connectivity index (χ0v) is 62.5. The maximum absolute atomic E-state index is 7.03. The third-order valence-electron chi connectivity index (χ3n) is 21.3. The molecule has 0 saturated heterocycles. The number of fused-ring (bicyclic) bond motifs is 21. The van der Waals surface area contributed by atoms with Gasteiger partial charge in [0, 0.05) is 75.8 Å². The van der Waals surface area contributed by atoms with Crippen LogP contribution in [0, 0.1) is 6.92 Å².